The number of fused-ring (bicyclic) bond motifs is 1. The average Bonchev–Trinajstić information content (AvgIpc) is 2.55. The molecule has 0 bridgehead atoms. The minimum atomic E-state index is -0.0382. The number of carbonyl (C=O) groups is 1. The zero-order chi connectivity index (χ0) is 14.7. The van der Waals surface area contributed by atoms with Crippen molar-refractivity contribution in [3.63, 3.8) is 0 Å². The van der Waals surface area contributed by atoms with Crippen LogP contribution in [0.15, 0.2) is 24.3 Å². The minimum absolute atomic E-state index is 0.0382. The Morgan fingerprint density at radius 3 is 3.00 bits per heavy atom. The minimum Gasteiger partial charge on any atom is -0.469 e. The predicted octanol–water partition coefficient (Wildman–Crippen LogP) is 2.99. The maximum atomic E-state index is 11.8. The van der Waals surface area contributed by atoms with Crippen molar-refractivity contribution >= 4 is 5.97 Å². The number of benzene rings is 1. The molecule has 0 spiro atoms. The van der Waals surface area contributed by atoms with Crippen LogP contribution in [0.5, 0.6) is 0 Å². The molecule has 1 aliphatic carbocycles. The summed E-state index contributed by atoms with van der Waals surface area (Å²) in [6, 6.07) is 8.87. The second kappa shape index (κ2) is 6.61. The van der Waals surface area contributed by atoms with Crippen molar-refractivity contribution < 1.29 is 9.53 Å². The van der Waals surface area contributed by atoms with Gasteiger partial charge < -0.3 is 9.64 Å². The lowest BCUT2D eigenvalue weighted by Gasteiger charge is -2.35. The molecule has 1 saturated heterocycles. The zero-order valence-corrected chi connectivity index (χ0v) is 12.9. The van der Waals surface area contributed by atoms with E-state index >= 15 is 0 Å². The van der Waals surface area contributed by atoms with Crippen molar-refractivity contribution in [2.75, 3.05) is 26.7 Å². The van der Waals surface area contributed by atoms with E-state index in [4.69, 9.17) is 4.74 Å². The molecule has 0 N–H and O–H groups in total. The van der Waals surface area contributed by atoms with E-state index in [0.717, 1.165) is 32.5 Å². The summed E-state index contributed by atoms with van der Waals surface area (Å²) in [6.45, 7) is 3.07. The van der Waals surface area contributed by atoms with Gasteiger partial charge in [0.1, 0.15) is 0 Å². The Morgan fingerprint density at radius 2 is 2.14 bits per heavy atom. The standard InChI is InChI=1S/C18H25NO2/c1-21-18(20)16-9-5-11-19(13-16)12-15-8-4-7-14-6-2-3-10-17(14)15/h2-3,6,10,15-16H,4-5,7-9,11-13H2,1H3. The molecule has 0 saturated carbocycles. The lowest BCUT2D eigenvalue weighted by molar-refractivity contribution is -0.147. The summed E-state index contributed by atoms with van der Waals surface area (Å²) in [5.74, 6) is 0.665. The Hall–Kier alpha value is -1.35. The maximum Gasteiger partial charge on any atom is 0.309 e. The van der Waals surface area contributed by atoms with Gasteiger partial charge in [-0.1, -0.05) is 24.3 Å². The first-order valence-electron chi connectivity index (χ1n) is 8.16. The molecule has 21 heavy (non-hydrogen) atoms. The number of aryl methyl sites for hydroxylation is 1. The normalized spacial score (nSPS) is 26.1. The molecule has 0 aromatic heterocycles. The van der Waals surface area contributed by atoms with E-state index in [-0.39, 0.29) is 11.9 Å². The van der Waals surface area contributed by atoms with Gasteiger partial charge in [-0.05, 0) is 55.7 Å². The topological polar surface area (TPSA) is 29.5 Å². The summed E-state index contributed by atoms with van der Waals surface area (Å²) >= 11 is 0. The molecule has 2 aliphatic rings. The Morgan fingerprint density at radius 1 is 1.29 bits per heavy atom. The Labute approximate surface area is 127 Å². The largest absolute Gasteiger partial charge is 0.469 e. The van der Waals surface area contributed by atoms with Crippen molar-refractivity contribution in [2.24, 2.45) is 5.92 Å². The van der Waals surface area contributed by atoms with Gasteiger partial charge in [-0.3, -0.25) is 4.79 Å². The molecule has 1 heterocycles. The van der Waals surface area contributed by atoms with Crippen LogP contribution in [0.25, 0.3) is 0 Å². The first-order chi connectivity index (χ1) is 10.3. The molecule has 2 atom stereocenters. The highest BCUT2D eigenvalue weighted by Gasteiger charge is 2.29. The first-order valence-corrected chi connectivity index (χ1v) is 8.16. The molecular weight excluding hydrogens is 262 g/mol. The van der Waals surface area contributed by atoms with E-state index in [1.165, 1.54) is 37.5 Å². The highest BCUT2D eigenvalue weighted by Crippen LogP contribution is 2.33. The van der Waals surface area contributed by atoms with Gasteiger partial charge in [-0.25, -0.2) is 0 Å². The van der Waals surface area contributed by atoms with Gasteiger partial charge in [0.25, 0.3) is 0 Å². The number of methoxy groups -OCH3 is 1. The van der Waals surface area contributed by atoms with Crippen molar-refractivity contribution in [3.8, 4) is 0 Å². The lowest BCUT2D eigenvalue weighted by atomic mass is 9.82. The summed E-state index contributed by atoms with van der Waals surface area (Å²) in [6.07, 6.45) is 5.86. The predicted molar refractivity (Wildman–Crippen MR) is 83.3 cm³/mol. The second-order valence-corrected chi connectivity index (χ2v) is 6.41. The molecule has 3 heteroatoms. The molecule has 0 amide bonds. The molecule has 0 radical (unpaired) electrons. The van der Waals surface area contributed by atoms with Crippen molar-refractivity contribution in [2.45, 2.75) is 38.0 Å². The number of nitrogens with zero attached hydrogens (tertiary/aromatic N) is 1. The Kier molecular flexibility index (Phi) is 4.59. The molecule has 1 aromatic carbocycles. The number of ether oxygens (including phenoxy) is 1. The first kappa shape index (κ1) is 14.6. The number of hydrogen-bond donors (Lipinski definition) is 0. The molecule has 1 aliphatic heterocycles. The van der Waals surface area contributed by atoms with Crippen LogP contribution >= 0.6 is 0 Å². The molecule has 2 unspecified atom stereocenters. The third kappa shape index (κ3) is 3.29. The third-order valence-electron chi connectivity index (χ3n) is 5.01. The van der Waals surface area contributed by atoms with E-state index in [0.29, 0.717) is 5.92 Å². The number of piperidine rings is 1. The fourth-order valence-corrected chi connectivity index (χ4v) is 3.94. The van der Waals surface area contributed by atoms with Gasteiger partial charge in [-0.2, -0.15) is 0 Å². The van der Waals surface area contributed by atoms with Crippen LogP contribution in [0.2, 0.25) is 0 Å². The summed E-state index contributed by atoms with van der Waals surface area (Å²) in [5.41, 5.74) is 3.05. The highest BCUT2D eigenvalue weighted by atomic mass is 16.5. The lowest BCUT2D eigenvalue weighted by Crippen LogP contribution is -2.41. The summed E-state index contributed by atoms with van der Waals surface area (Å²) in [5, 5.41) is 0. The zero-order valence-electron chi connectivity index (χ0n) is 12.9. The fraction of sp³-hybridized carbons (Fsp3) is 0.611. The summed E-state index contributed by atoms with van der Waals surface area (Å²) in [4.78, 5) is 14.2. The van der Waals surface area contributed by atoms with Gasteiger partial charge >= 0.3 is 5.97 Å². The van der Waals surface area contributed by atoms with E-state index in [2.05, 4.69) is 29.2 Å². The quantitative estimate of drug-likeness (QED) is 0.800. The SMILES string of the molecule is COC(=O)C1CCCN(CC2CCCc3ccccc32)C1. The smallest absolute Gasteiger partial charge is 0.309 e. The third-order valence-corrected chi connectivity index (χ3v) is 5.01. The van der Waals surface area contributed by atoms with Gasteiger partial charge in [-0.15, -0.1) is 0 Å². The second-order valence-electron chi connectivity index (χ2n) is 6.41. The van der Waals surface area contributed by atoms with Gasteiger partial charge in [0.15, 0.2) is 0 Å². The number of likely N-dealkylation sites (tertiary alicyclic amines) is 1. The summed E-state index contributed by atoms with van der Waals surface area (Å²) < 4.78 is 4.92. The molecule has 3 nitrogen and oxygen atoms in total. The van der Waals surface area contributed by atoms with E-state index in [1.54, 1.807) is 0 Å². The molecule has 3 rings (SSSR count). The monoisotopic (exact) mass is 287 g/mol. The van der Waals surface area contributed by atoms with E-state index in [1.807, 2.05) is 0 Å². The van der Waals surface area contributed by atoms with Crippen molar-refractivity contribution in [3.05, 3.63) is 35.4 Å². The Bertz CT molecular complexity index is 500. The maximum absolute atomic E-state index is 11.8. The Balaban J connectivity index is 1.66. The van der Waals surface area contributed by atoms with Crippen LogP contribution in [0.1, 0.15) is 42.7 Å². The molecule has 114 valence electrons. The highest BCUT2D eigenvalue weighted by molar-refractivity contribution is 5.72. The number of carbonyl (C=O) groups excluding carboxylic acids is 1. The van der Waals surface area contributed by atoms with Crippen LogP contribution in [0.4, 0.5) is 0 Å². The average molecular weight is 287 g/mol. The van der Waals surface area contributed by atoms with Crippen LogP contribution in [-0.2, 0) is 16.0 Å². The van der Waals surface area contributed by atoms with Crippen LogP contribution in [-0.4, -0.2) is 37.6 Å². The summed E-state index contributed by atoms with van der Waals surface area (Å²) in [7, 11) is 1.50. The number of esters is 1. The van der Waals surface area contributed by atoms with Crippen LogP contribution in [0, 0.1) is 5.92 Å². The number of rotatable bonds is 3. The van der Waals surface area contributed by atoms with Gasteiger partial charge in [0.2, 0.25) is 0 Å². The molecular formula is C18H25NO2. The van der Waals surface area contributed by atoms with Crippen LogP contribution in [0.3, 0.4) is 0 Å². The van der Waals surface area contributed by atoms with Crippen molar-refractivity contribution in [1.29, 1.82) is 0 Å². The van der Waals surface area contributed by atoms with Gasteiger partial charge in [0, 0.05) is 13.1 Å². The molecule has 1 aromatic rings. The fourth-order valence-electron chi connectivity index (χ4n) is 3.94. The number of hydrogen-bond acceptors (Lipinski definition) is 3. The van der Waals surface area contributed by atoms with Crippen LogP contribution < -0.4 is 0 Å². The van der Waals surface area contributed by atoms with E-state index in [9.17, 15) is 4.79 Å². The molecule has 1 fully saturated rings. The van der Waals surface area contributed by atoms with Crippen molar-refractivity contribution in [1.82, 2.24) is 4.90 Å². The van der Waals surface area contributed by atoms with Gasteiger partial charge in [0.05, 0.1) is 13.0 Å². The van der Waals surface area contributed by atoms with E-state index < -0.39 is 0 Å².